The molecule has 0 fully saturated rings. The van der Waals surface area contributed by atoms with Crippen molar-refractivity contribution in [1.82, 2.24) is 0 Å². The Morgan fingerprint density at radius 3 is 2.50 bits per heavy atom. The van der Waals surface area contributed by atoms with Crippen molar-refractivity contribution in [3.05, 3.63) is 24.3 Å². The molecule has 2 heteroatoms. The largest absolute Gasteiger partial charge is 0.459 e. The standard InChI is InChI=1S/C16H28O2/c1-5-7-8-9-10-11-13-15(12-6-2)18-16(17)14(3)4/h7-8,15H,3,5-6,9-13H2,1-2,4H3. The average molecular weight is 252 g/mol. The van der Waals surface area contributed by atoms with Gasteiger partial charge in [-0.3, -0.25) is 0 Å². The van der Waals surface area contributed by atoms with Gasteiger partial charge in [-0.25, -0.2) is 4.79 Å². The third-order valence-electron chi connectivity index (χ3n) is 2.78. The zero-order chi connectivity index (χ0) is 13.8. The lowest BCUT2D eigenvalue weighted by molar-refractivity contribution is -0.144. The summed E-state index contributed by atoms with van der Waals surface area (Å²) in [6.45, 7) is 9.57. The zero-order valence-electron chi connectivity index (χ0n) is 12.2. The molecule has 0 saturated heterocycles. The van der Waals surface area contributed by atoms with E-state index in [1.54, 1.807) is 6.92 Å². The van der Waals surface area contributed by atoms with Gasteiger partial charge in [0.15, 0.2) is 0 Å². The molecule has 0 aliphatic rings. The van der Waals surface area contributed by atoms with Crippen LogP contribution in [0, 0.1) is 0 Å². The number of ether oxygens (including phenoxy) is 1. The van der Waals surface area contributed by atoms with Gasteiger partial charge in [0.2, 0.25) is 0 Å². The normalized spacial score (nSPS) is 12.6. The Morgan fingerprint density at radius 2 is 1.94 bits per heavy atom. The molecule has 0 aromatic carbocycles. The van der Waals surface area contributed by atoms with Gasteiger partial charge in [0.05, 0.1) is 0 Å². The first kappa shape index (κ1) is 16.9. The first-order valence-corrected chi connectivity index (χ1v) is 7.13. The number of hydrogen-bond acceptors (Lipinski definition) is 2. The van der Waals surface area contributed by atoms with E-state index < -0.39 is 0 Å². The SMILES string of the molecule is C=C(C)C(=O)OC(CCC)CCCCC=CCC. The minimum absolute atomic E-state index is 0.0642. The van der Waals surface area contributed by atoms with Gasteiger partial charge >= 0.3 is 5.97 Å². The maximum absolute atomic E-state index is 11.5. The second-order valence-electron chi connectivity index (χ2n) is 4.76. The van der Waals surface area contributed by atoms with Gasteiger partial charge < -0.3 is 4.74 Å². The molecule has 1 atom stereocenters. The molecule has 0 saturated carbocycles. The van der Waals surface area contributed by atoms with Crippen molar-refractivity contribution in [2.75, 3.05) is 0 Å². The van der Waals surface area contributed by atoms with Crippen LogP contribution in [-0.4, -0.2) is 12.1 Å². The summed E-state index contributed by atoms with van der Waals surface area (Å²) in [5.41, 5.74) is 0.488. The summed E-state index contributed by atoms with van der Waals surface area (Å²) < 4.78 is 5.42. The van der Waals surface area contributed by atoms with E-state index in [0.29, 0.717) is 5.57 Å². The van der Waals surface area contributed by atoms with Crippen LogP contribution in [-0.2, 0) is 9.53 Å². The topological polar surface area (TPSA) is 26.3 Å². The van der Waals surface area contributed by atoms with E-state index in [4.69, 9.17) is 4.74 Å². The fraction of sp³-hybridized carbons (Fsp3) is 0.688. The maximum atomic E-state index is 11.5. The Hall–Kier alpha value is -1.05. The highest BCUT2D eigenvalue weighted by atomic mass is 16.5. The third kappa shape index (κ3) is 9.03. The van der Waals surface area contributed by atoms with Gasteiger partial charge in [0.1, 0.15) is 6.10 Å². The van der Waals surface area contributed by atoms with E-state index in [-0.39, 0.29) is 12.1 Å². The zero-order valence-corrected chi connectivity index (χ0v) is 12.2. The molecule has 0 aliphatic heterocycles. The Balaban J connectivity index is 3.86. The summed E-state index contributed by atoms with van der Waals surface area (Å²) >= 11 is 0. The Labute approximate surface area is 112 Å². The molecule has 0 radical (unpaired) electrons. The maximum Gasteiger partial charge on any atom is 0.333 e. The molecule has 0 rings (SSSR count). The first-order chi connectivity index (χ1) is 8.61. The Kier molecular flexibility index (Phi) is 10.4. The highest BCUT2D eigenvalue weighted by Gasteiger charge is 2.13. The van der Waals surface area contributed by atoms with Gasteiger partial charge in [-0.1, -0.05) is 39.0 Å². The molecular weight excluding hydrogens is 224 g/mol. The van der Waals surface area contributed by atoms with Crippen molar-refractivity contribution in [3.63, 3.8) is 0 Å². The van der Waals surface area contributed by atoms with Crippen molar-refractivity contribution >= 4 is 5.97 Å². The molecule has 0 heterocycles. The van der Waals surface area contributed by atoms with Crippen molar-refractivity contribution in [2.24, 2.45) is 0 Å². The number of allylic oxidation sites excluding steroid dienone is 2. The third-order valence-corrected chi connectivity index (χ3v) is 2.78. The van der Waals surface area contributed by atoms with Crippen LogP contribution in [0.2, 0.25) is 0 Å². The molecule has 0 aromatic heterocycles. The summed E-state index contributed by atoms with van der Waals surface area (Å²) in [5, 5.41) is 0. The minimum Gasteiger partial charge on any atom is -0.459 e. The quantitative estimate of drug-likeness (QED) is 0.241. The van der Waals surface area contributed by atoms with Crippen molar-refractivity contribution in [3.8, 4) is 0 Å². The summed E-state index contributed by atoms with van der Waals surface area (Å²) in [6.07, 6.45) is 12.0. The van der Waals surface area contributed by atoms with E-state index in [1.165, 1.54) is 6.42 Å². The first-order valence-electron chi connectivity index (χ1n) is 7.13. The second kappa shape index (κ2) is 11.1. The summed E-state index contributed by atoms with van der Waals surface area (Å²) in [6, 6.07) is 0. The van der Waals surface area contributed by atoms with Crippen molar-refractivity contribution < 1.29 is 9.53 Å². The number of unbranched alkanes of at least 4 members (excludes halogenated alkanes) is 2. The highest BCUT2D eigenvalue weighted by Crippen LogP contribution is 2.14. The molecule has 0 aliphatic carbocycles. The average Bonchev–Trinajstić information content (AvgIpc) is 2.33. The molecule has 0 N–H and O–H groups in total. The lowest BCUT2D eigenvalue weighted by Gasteiger charge is -2.17. The predicted octanol–water partition coefficient (Wildman–Crippen LogP) is 4.80. The highest BCUT2D eigenvalue weighted by molar-refractivity contribution is 5.87. The smallest absolute Gasteiger partial charge is 0.333 e. The molecule has 1 unspecified atom stereocenters. The van der Waals surface area contributed by atoms with Crippen LogP contribution in [0.5, 0.6) is 0 Å². The monoisotopic (exact) mass is 252 g/mol. The van der Waals surface area contributed by atoms with Crippen LogP contribution in [0.1, 0.15) is 65.7 Å². The number of rotatable bonds is 10. The summed E-state index contributed by atoms with van der Waals surface area (Å²) in [5.74, 6) is -0.251. The molecule has 0 bridgehead atoms. The molecular formula is C16H28O2. The molecule has 104 valence electrons. The van der Waals surface area contributed by atoms with E-state index in [0.717, 1.165) is 38.5 Å². The fourth-order valence-electron chi connectivity index (χ4n) is 1.75. The summed E-state index contributed by atoms with van der Waals surface area (Å²) in [4.78, 5) is 11.5. The van der Waals surface area contributed by atoms with Gasteiger partial charge in [-0.05, 0) is 45.4 Å². The lowest BCUT2D eigenvalue weighted by Crippen LogP contribution is -2.18. The van der Waals surface area contributed by atoms with Crippen LogP contribution >= 0.6 is 0 Å². The van der Waals surface area contributed by atoms with Crippen LogP contribution in [0.15, 0.2) is 24.3 Å². The number of hydrogen-bond donors (Lipinski definition) is 0. The number of esters is 1. The molecule has 2 nitrogen and oxygen atoms in total. The van der Waals surface area contributed by atoms with Crippen LogP contribution < -0.4 is 0 Å². The number of carbonyl (C=O) groups is 1. The van der Waals surface area contributed by atoms with Crippen molar-refractivity contribution in [2.45, 2.75) is 71.8 Å². The predicted molar refractivity (Wildman–Crippen MR) is 77.5 cm³/mol. The minimum atomic E-state index is -0.251. The van der Waals surface area contributed by atoms with Crippen LogP contribution in [0.25, 0.3) is 0 Å². The molecule has 0 spiro atoms. The van der Waals surface area contributed by atoms with E-state index in [1.807, 2.05) is 0 Å². The van der Waals surface area contributed by atoms with E-state index >= 15 is 0 Å². The molecule has 0 aromatic rings. The van der Waals surface area contributed by atoms with E-state index in [9.17, 15) is 4.79 Å². The fourth-order valence-corrected chi connectivity index (χ4v) is 1.75. The van der Waals surface area contributed by atoms with Gasteiger partial charge in [-0.2, -0.15) is 0 Å². The molecule has 18 heavy (non-hydrogen) atoms. The van der Waals surface area contributed by atoms with Gasteiger partial charge in [0, 0.05) is 5.57 Å². The summed E-state index contributed by atoms with van der Waals surface area (Å²) in [7, 11) is 0. The van der Waals surface area contributed by atoms with Crippen molar-refractivity contribution in [1.29, 1.82) is 0 Å². The van der Waals surface area contributed by atoms with Crippen LogP contribution in [0.4, 0.5) is 0 Å². The Morgan fingerprint density at radius 1 is 1.22 bits per heavy atom. The molecule has 0 amide bonds. The van der Waals surface area contributed by atoms with Gasteiger partial charge in [0.25, 0.3) is 0 Å². The van der Waals surface area contributed by atoms with Crippen LogP contribution in [0.3, 0.4) is 0 Å². The lowest BCUT2D eigenvalue weighted by atomic mass is 10.1. The van der Waals surface area contributed by atoms with Gasteiger partial charge in [-0.15, -0.1) is 0 Å². The second-order valence-corrected chi connectivity index (χ2v) is 4.76. The van der Waals surface area contributed by atoms with E-state index in [2.05, 4.69) is 32.6 Å². The number of carbonyl (C=O) groups excluding carboxylic acids is 1. The Bertz CT molecular complexity index is 266.